The van der Waals surface area contributed by atoms with Crippen LogP contribution in [0.25, 0.3) is 10.2 Å². The molecule has 9 heteroatoms. The summed E-state index contributed by atoms with van der Waals surface area (Å²) in [6.45, 7) is 6.16. The maximum atomic E-state index is 12.7. The molecule has 1 fully saturated rings. The van der Waals surface area contributed by atoms with Crippen molar-refractivity contribution in [3.63, 3.8) is 0 Å². The number of benzene rings is 1. The number of thiophene rings is 1. The number of carbonyl (C=O) groups is 1. The second kappa shape index (κ2) is 7.86. The summed E-state index contributed by atoms with van der Waals surface area (Å²) in [5.74, 6) is 1.34. The number of halogens is 3. The lowest BCUT2D eigenvalue weighted by Crippen LogP contribution is -2.49. The summed E-state index contributed by atoms with van der Waals surface area (Å²) >= 11 is 1.67. The van der Waals surface area contributed by atoms with E-state index in [9.17, 15) is 18.0 Å². The first-order valence-electron chi connectivity index (χ1n) is 9.75. The Labute approximate surface area is 176 Å². The normalized spacial score (nSPS) is 15.1. The number of aryl methyl sites for hydroxylation is 2. The molecule has 0 N–H and O–H groups in total. The van der Waals surface area contributed by atoms with Crippen molar-refractivity contribution in [2.24, 2.45) is 0 Å². The summed E-state index contributed by atoms with van der Waals surface area (Å²) < 4.78 is 38.2. The predicted octanol–water partition coefficient (Wildman–Crippen LogP) is 4.54. The monoisotopic (exact) mass is 434 g/mol. The number of fused-ring (bicyclic) bond motifs is 1. The predicted molar refractivity (Wildman–Crippen MR) is 111 cm³/mol. The molecule has 1 amide bonds. The van der Waals surface area contributed by atoms with Crippen LogP contribution in [0.2, 0.25) is 0 Å². The van der Waals surface area contributed by atoms with Gasteiger partial charge in [-0.3, -0.25) is 4.79 Å². The van der Waals surface area contributed by atoms with Crippen LogP contribution in [0.3, 0.4) is 0 Å². The van der Waals surface area contributed by atoms with Gasteiger partial charge in [0.15, 0.2) is 0 Å². The number of aromatic nitrogens is 2. The first-order valence-corrected chi connectivity index (χ1v) is 10.6. The minimum Gasteiger partial charge on any atom is -0.352 e. The quantitative estimate of drug-likeness (QED) is 0.607. The zero-order valence-corrected chi connectivity index (χ0v) is 17.5. The third kappa shape index (κ3) is 3.98. The van der Waals surface area contributed by atoms with Gasteiger partial charge in [0.05, 0.1) is 10.9 Å². The van der Waals surface area contributed by atoms with Crippen molar-refractivity contribution in [3.8, 4) is 0 Å². The average Bonchev–Trinajstić information content (AvgIpc) is 3.15. The molecule has 1 aliphatic rings. The third-order valence-electron chi connectivity index (χ3n) is 5.21. The molecule has 2 aromatic heterocycles. The Kier molecular flexibility index (Phi) is 5.40. The molecule has 0 unspecified atom stereocenters. The second-order valence-corrected chi connectivity index (χ2v) is 8.35. The Hall–Kier alpha value is -2.68. The Balaban J connectivity index is 1.48. The molecule has 0 spiro atoms. The molecule has 0 bridgehead atoms. The summed E-state index contributed by atoms with van der Waals surface area (Å²) in [5, 5.41) is 1.03. The van der Waals surface area contributed by atoms with Gasteiger partial charge in [0.1, 0.15) is 16.5 Å². The molecule has 30 heavy (non-hydrogen) atoms. The number of alkyl halides is 3. The van der Waals surface area contributed by atoms with Gasteiger partial charge in [0.2, 0.25) is 0 Å². The first-order chi connectivity index (χ1) is 14.3. The van der Waals surface area contributed by atoms with E-state index in [1.54, 1.807) is 16.2 Å². The minimum atomic E-state index is -4.41. The maximum Gasteiger partial charge on any atom is 0.416 e. The van der Waals surface area contributed by atoms with Gasteiger partial charge in [-0.15, -0.1) is 11.3 Å². The lowest BCUT2D eigenvalue weighted by atomic mass is 10.1. The van der Waals surface area contributed by atoms with Crippen molar-refractivity contribution in [1.82, 2.24) is 14.9 Å². The van der Waals surface area contributed by atoms with E-state index >= 15 is 0 Å². The molecule has 0 radical (unpaired) electrons. The molecular weight excluding hydrogens is 413 g/mol. The second-order valence-electron chi connectivity index (χ2n) is 7.23. The molecule has 3 aromatic rings. The summed E-state index contributed by atoms with van der Waals surface area (Å²) in [6, 6.07) is 6.52. The molecule has 4 rings (SSSR count). The van der Waals surface area contributed by atoms with Crippen molar-refractivity contribution in [1.29, 1.82) is 0 Å². The van der Waals surface area contributed by atoms with Crippen molar-refractivity contribution < 1.29 is 18.0 Å². The van der Waals surface area contributed by atoms with Gasteiger partial charge in [0, 0.05) is 36.6 Å². The van der Waals surface area contributed by atoms with Gasteiger partial charge in [-0.25, -0.2) is 9.97 Å². The Morgan fingerprint density at radius 3 is 2.37 bits per heavy atom. The summed E-state index contributed by atoms with van der Waals surface area (Å²) in [5.41, 5.74) is -0.489. The molecule has 158 valence electrons. The van der Waals surface area contributed by atoms with E-state index in [1.165, 1.54) is 17.0 Å². The van der Waals surface area contributed by atoms with Crippen LogP contribution in [0.5, 0.6) is 0 Å². The largest absolute Gasteiger partial charge is 0.416 e. The molecular formula is C21H21F3N4OS. The maximum absolute atomic E-state index is 12.7. The zero-order valence-electron chi connectivity index (χ0n) is 16.7. The number of rotatable bonds is 3. The first kappa shape index (κ1) is 20.6. The Bertz CT molecular complexity index is 1070. The molecule has 5 nitrogen and oxygen atoms in total. The summed E-state index contributed by atoms with van der Waals surface area (Å²) in [6.07, 6.45) is -3.47. The highest BCUT2D eigenvalue weighted by Gasteiger charge is 2.31. The average molecular weight is 434 g/mol. The molecule has 0 aliphatic carbocycles. The van der Waals surface area contributed by atoms with Gasteiger partial charge < -0.3 is 9.80 Å². The number of nitrogens with zero attached hydrogens (tertiary/aromatic N) is 4. The van der Waals surface area contributed by atoms with Crippen LogP contribution in [0.1, 0.15) is 33.5 Å². The summed E-state index contributed by atoms with van der Waals surface area (Å²) in [4.78, 5) is 28.0. The van der Waals surface area contributed by atoms with Gasteiger partial charge >= 0.3 is 6.18 Å². The number of piperazine rings is 1. The van der Waals surface area contributed by atoms with E-state index in [2.05, 4.69) is 27.9 Å². The molecule has 3 heterocycles. The van der Waals surface area contributed by atoms with E-state index in [0.717, 1.165) is 34.6 Å². The van der Waals surface area contributed by atoms with Crippen molar-refractivity contribution in [3.05, 3.63) is 52.2 Å². The highest BCUT2D eigenvalue weighted by atomic mass is 32.1. The van der Waals surface area contributed by atoms with Gasteiger partial charge in [-0.05, 0) is 43.7 Å². The molecule has 1 saturated heterocycles. The van der Waals surface area contributed by atoms with E-state index in [4.69, 9.17) is 0 Å². The highest BCUT2D eigenvalue weighted by molar-refractivity contribution is 7.18. The van der Waals surface area contributed by atoms with Crippen molar-refractivity contribution in [2.75, 3.05) is 31.1 Å². The van der Waals surface area contributed by atoms with E-state index < -0.39 is 11.7 Å². The fraction of sp³-hybridized carbons (Fsp3) is 0.381. The Morgan fingerprint density at radius 1 is 1.10 bits per heavy atom. The molecule has 1 aromatic carbocycles. The van der Waals surface area contributed by atoms with Gasteiger partial charge in [0.25, 0.3) is 5.91 Å². The van der Waals surface area contributed by atoms with Crippen molar-refractivity contribution in [2.45, 2.75) is 26.4 Å². The lowest BCUT2D eigenvalue weighted by Gasteiger charge is -2.35. The van der Waals surface area contributed by atoms with Crippen LogP contribution >= 0.6 is 11.3 Å². The van der Waals surface area contributed by atoms with Crippen LogP contribution in [0.4, 0.5) is 19.0 Å². The van der Waals surface area contributed by atoms with Crippen molar-refractivity contribution >= 4 is 33.3 Å². The van der Waals surface area contributed by atoms with E-state index in [-0.39, 0.29) is 11.5 Å². The summed E-state index contributed by atoms with van der Waals surface area (Å²) in [7, 11) is 0. The van der Waals surface area contributed by atoms with Crippen LogP contribution in [0.15, 0.2) is 30.3 Å². The number of amides is 1. The van der Waals surface area contributed by atoms with Gasteiger partial charge in [-0.1, -0.05) is 6.92 Å². The molecule has 1 aliphatic heterocycles. The van der Waals surface area contributed by atoms with Crippen LogP contribution in [0, 0.1) is 6.92 Å². The molecule has 0 atom stereocenters. The number of anilines is 1. The Morgan fingerprint density at radius 2 is 1.77 bits per heavy atom. The topological polar surface area (TPSA) is 49.3 Å². The zero-order chi connectivity index (χ0) is 21.5. The molecule has 0 saturated carbocycles. The van der Waals surface area contributed by atoms with Crippen LogP contribution < -0.4 is 4.90 Å². The minimum absolute atomic E-state index is 0.254. The van der Waals surface area contributed by atoms with Crippen LogP contribution in [-0.2, 0) is 12.6 Å². The number of carbonyl (C=O) groups excluding carboxylic acids is 1. The standard InChI is InChI=1S/C21H21F3N4OS/c1-3-16-12-17-18(25-13(2)26-19(17)30-16)27-8-10-28(11-9-27)20(29)14-4-6-15(7-5-14)21(22,23)24/h4-7,12H,3,8-11H2,1-2H3. The van der Waals surface area contributed by atoms with Crippen LogP contribution in [-0.4, -0.2) is 47.0 Å². The van der Waals surface area contributed by atoms with Gasteiger partial charge in [-0.2, -0.15) is 13.2 Å². The fourth-order valence-electron chi connectivity index (χ4n) is 3.58. The third-order valence-corrected chi connectivity index (χ3v) is 6.38. The highest BCUT2D eigenvalue weighted by Crippen LogP contribution is 2.32. The smallest absolute Gasteiger partial charge is 0.352 e. The fourth-order valence-corrected chi connectivity index (χ4v) is 4.59. The van der Waals surface area contributed by atoms with E-state index in [0.29, 0.717) is 32.0 Å². The number of hydrogen-bond acceptors (Lipinski definition) is 5. The van der Waals surface area contributed by atoms with E-state index in [1.807, 2.05) is 6.92 Å². The lowest BCUT2D eigenvalue weighted by molar-refractivity contribution is -0.137. The SMILES string of the molecule is CCc1cc2c(N3CCN(C(=O)c4ccc(C(F)(F)F)cc4)CC3)nc(C)nc2s1. The number of hydrogen-bond donors (Lipinski definition) is 0.